The largest absolute Gasteiger partial charge is 0.397 e. The number of nitrogen functional groups attached to an aromatic ring is 1. The van der Waals surface area contributed by atoms with E-state index in [0.29, 0.717) is 17.8 Å². The fourth-order valence-electron chi connectivity index (χ4n) is 2.00. The average Bonchev–Trinajstić information content (AvgIpc) is 2.90. The number of nitrogens with zero attached hydrogens (tertiary/aromatic N) is 3. The molecule has 1 aromatic carbocycles. The van der Waals surface area contributed by atoms with Crippen molar-refractivity contribution >= 4 is 17.3 Å². The smallest absolute Gasteiger partial charge is 0.254 e. The van der Waals surface area contributed by atoms with Gasteiger partial charge in [-0.3, -0.25) is 4.79 Å². The first-order valence-corrected chi connectivity index (χ1v) is 6.29. The monoisotopic (exact) mass is 273 g/mol. The van der Waals surface area contributed by atoms with E-state index in [0.717, 1.165) is 11.5 Å². The first kappa shape index (κ1) is 13.9. The first-order valence-electron chi connectivity index (χ1n) is 6.29. The van der Waals surface area contributed by atoms with Crippen LogP contribution in [-0.4, -0.2) is 41.9 Å². The Morgan fingerprint density at radius 2 is 2.10 bits per heavy atom. The molecule has 1 aromatic heterocycles. The minimum atomic E-state index is -0.0848. The Labute approximate surface area is 118 Å². The van der Waals surface area contributed by atoms with Crippen LogP contribution in [0.25, 0.3) is 0 Å². The van der Waals surface area contributed by atoms with E-state index in [2.05, 4.69) is 9.97 Å². The van der Waals surface area contributed by atoms with Crippen LogP contribution >= 0.6 is 0 Å². The summed E-state index contributed by atoms with van der Waals surface area (Å²) in [7, 11) is 5.56. The predicted molar refractivity (Wildman–Crippen MR) is 79.6 cm³/mol. The van der Waals surface area contributed by atoms with Gasteiger partial charge < -0.3 is 20.5 Å². The second kappa shape index (κ2) is 5.64. The van der Waals surface area contributed by atoms with E-state index in [-0.39, 0.29) is 5.91 Å². The Hall–Kier alpha value is -2.50. The van der Waals surface area contributed by atoms with E-state index in [1.165, 1.54) is 0 Å². The number of aromatic amines is 1. The summed E-state index contributed by atoms with van der Waals surface area (Å²) in [5, 5.41) is 0. The summed E-state index contributed by atoms with van der Waals surface area (Å²) < 4.78 is 0. The molecule has 0 aliphatic rings. The lowest BCUT2D eigenvalue weighted by Crippen LogP contribution is -2.27. The van der Waals surface area contributed by atoms with Gasteiger partial charge in [0.2, 0.25) is 0 Å². The van der Waals surface area contributed by atoms with Gasteiger partial charge >= 0.3 is 0 Å². The summed E-state index contributed by atoms with van der Waals surface area (Å²) in [4.78, 5) is 22.9. The molecule has 0 aliphatic carbocycles. The number of imidazole rings is 1. The number of carbonyl (C=O) groups excluding carboxylic acids is 1. The lowest BCUT2D eigenvalue weighted by atomic mass is 10.1. The second-order valence-electron chi connectivity index (χ2n) is 4.87. The number of carbonyl (C=O) groups is 1. The lowest BCUT2D eigenvalue weighted by molar-refractivity contribution is 0.0782. The lowest BCUT2D eigenvalue weighted by Gasteiger charge is -2.19. The minimum Gasteiger partial charge on any atom is -0.397 e. The fraction of sp³-hybridized carbons (Fsp3) is 0.286. The fourth-order valence-corrected chi connectivity index (χ4v) is 2.00. The standard InChI is InChI=1S/C14H19N5O/c1-18(2)12-5-4-10(8-11(12)15)14(20)19(3)9-13-16-6-7-17-13/h4-8H,9,15H2,1-3H3,(H,16,17). The second-order valence-corrected chi connectivity index (χ2v) is 4.87. The zero-order chi connectivity index (χ0) is 14.7. The molecule has 0 spiro atoms. The van der Waals surface area contributed by atoms with Gasteiger partial charge in [0.15, 0.2) is 0 Å². The minimum absolute atomic E-state index is 0.0848. The van der Waals surface area contributed by atoms with Crippen molar-refractivity contribution in [2.45, 2.75) is 6.54 Å². The number of rotatable bonds is 4. The topological polar surface area (TPSA) is 78.2 Å². The molecule has 0 saturated carbocycles. The number of amides is 1. The Balaban J connectivity index is 2.14. The molecule has 3 N–H and O–H groups in total. The number of anilines is 2. The van der Waals surface area contributed by atoms with Gasteiger partial charge in [-0.1, -0.05) is 0 Å². The van der Waals surface area contributed by atoms with Crippen LogP contribution in [0.4, 0.5) is 11.4 Å². The number of H-pyrrole nitrogens is 1. The first-order chi connectivity index (χ1) is 9.49. The van der Waals surface area contributed by atoms with Crippen molar-refractivity contribution in [3.63, 3.8) is 0 Å². The third-order valence-corrected chi connectivity index (χ3v) is 3.04. The molecule has 20 heavy (non-hydrogen) atoms. The van der Waals surface area contributed by atoms with E-state index in [9.17, 15) is 4.79 Å². The van der Waals surface area contributed by atoms with Crippen molar-refractivity contribution in [3.8, 4) is 0 Å². The summed E-state index contributed by atoms with van der Waals surface area (Å²) in [6.45, 7) is 0.432. The van der Waals surface area contributed by atoms with E-state index >= 15 is 0 Å². The van der Waals surface area contributed by atoms with Gasteiger partial charge in [-0.15, -0.1) is 0 Å². The number of hydrogen-bond acceptors (Lipinski definition) is 4. The number of aromatic nitrogens is 2. The molecule has 0 fully saturated rings. The number of hydrogen-bond donors (Lipinski definition) is 2. The van der Waals surface area contributed by atoms with Gasteiger partial charge in [-0.25, -0.2) is 4.98 Å². The molecule has 1 heterocycles. The van der Waals surface area contributed by atoms with Crippen LogP contribution in [0, 0.1) is 0 Å². The van der Waals surface area contributed by atoms with Crippen molar-refractivity contribution in [2.75, 3.05) is 31.8 Å². The van der Waals surface area contributed by atoms with Crippen LogP contribution in [0.15, 0.2) is 30.6 Å². The van der Waals surface area contributed by atoms with Gasteiger partial charge in [-0.05, 0) is 18.2 Å². The predicted octanol–water partition coefficient (Wildman–Crippen LogP) is 1.33. The number of nitrogens with two attached hydrogens (primary N) is 1. The van der Waals surface area contributed by atoms with Gasteiger partial charge in [0.1, 0.15) is 5.82 Å². The normalized spacial score (nSPS) is 10.3. The van der Waals surface area contributed by atoms with Gasteiger partial charge in [-0.2, -0.15) is 0 Å². The van der Waals surface area contributed by atoms with E-state index in [1.54, 1.807) is 36.5 Å². The molecule has 0 radical (unpaired) electrons. The quantitative estimate of drug-likeness (QED) is 0.824. The Morgan fingerprint density at radius 1 is 1.35 bits per heavy atom. The van der Waals surface area contributed by atoms with Crippen LogP contribution in [0.5, 0.6) is 0 Å². The molecule has 6 heteroatoms. The molecule has 0 unspecified atom stereocenters. The highest BCUT2D eigenvalue weighted by Crippen LogP contribution is 2.23. The molecule has 2 rings (SSSR count). The van der Waals surface area contributed by atoms with Crippen molar-refractivity contribution < 1.29 is 4.79 Å². The molecule has 106 valence electrons. The highest BCUT2D eigenvalue weighted by Gasteiger charge is 2.14. The summed E-state index contributed by atoms with van der Waals surface area (Å²) >= 11 is 0. The van der Waals surface area contributed by atoms with E-state index in [4.69, 9.17) is 5.73 Å². The average molecular weight is 273 g/mol. The van der Waals surface area contributed by atoms with Crippen LogP contribution in [-0.2, 0) is 6.54 Å². The molecule has 0 atom stereocenters. The molecule has 2 aromatic rings. The summed E-state index contributed by atoms with van der Waals surface area (Å²) in [5.41, 5.74) is 8.03. The van der Waals surface area contributed by atoms with Crippen molar-refractivity contribution in [2.24, 2.45) is 0 Å². The molecular weight excluding hydrogens is 254 g/mol. The molecule has 1 amide bonds. The Morgan fingerprint density at radius 3 is 2.65 bits per heavy atom. The van der Waals surface area contributed by atoms with Crippen molar-refractivity contribution in [1.82, 2.24) is 14.9 Å². The maximum atomic E-state index is 12.3. The SMILES string of the molecule is CN(Cc1ncc[nH]1)C(=O)c1ccc(N(C)C)c(N)c1. The number of benzene rings is 1. The molecule has 0 aliphatic heterocycles. The van der Waals surface area contributed by atoms with E-state index < -0.39 is 0 Å². The summed E-state index contributed by atoms with van der Waals surface area (Å²) in [6.07, 6.45) is 3.40. The number of nitrogens with one attached hydrogen (secondary N) is 1. The maximum absolute atomic E-state index is 12.3. The molecule has 0 bridgehead atoms. The summed E-state index contributed by atoms with van der Waals surface area (Å²) in [5.74, 6) is 0.664. The van der Waals surface area contributed by atoms with Gasteiger partial charge in [0.25, 0.3) is 5.91 Å². The highest BCUT2D eigenvalue weighted by molar-refractivity contribution is 5.96. The maximum Gasteiger partial charge on any atom is 0.254 e. The van der Waals surface area contributed by atoms with Gasteiger partial charge in [0, 0.05) is 39.1 Å². The zero-order valence-corrected chi connectivity index (χ0v) is 11.9. The third kappa shape index (κ3) is 2.90. The van der Waals surface area contributed by atoms with Crippen LogP contribution in [0.2, 0.25) is 0 Å². The van der Waals surface area contributed by atoms with Crippen molar-refractivity contribution in [1.29, 1.82) is 0 Å². The van der Waals surface area contributed by atoms with Crippen LogP contribution < -0.4 is 10.6 Å². The zero-order valence-electron chi connectivity index (χ0n) is 11.9. The molecule has 6 nitrogen and oxygen atoms in total. The van der Waals surface area contributed by atoms with E-state index in [1.807, 2.05) is 25.1 Å². The van der Waals surface area contributed by atoms with Gasteiger partial charge in [0.05, 0.1) is 17.9 Å². The Kier molecular flexibility index (Phi) is 3.93. The third-order valence-electron chi connectivity index (χ3n) is 3.04. The Bertz CT molecular complexity index is 592. The van der Waals surface area contributed by atoms with Crippen LogP contribution in [0.1, 0.15) is 16.2 Å². The highest BCUT2D eigenvalue weighted by atomic mass is 16.2. The summed E-state index contributed by atoms with van der Waals surface area (Å²) in [6, 6.07) is 5.34. The molecular formula is C14H19N5O. The van der Waals surface area contributed by atoms with Crippen molar-refractivity contribution in [3.05, 3.63) is 42.0 Å². The molecule has 0 saturated heterocycles. The van der Waals surface area contributed by atoms with Crippen LogP contribution in [0.3, 0.4) is 0 Å².